The SMILES string of the molecule is NC(=O)NCC#Cc1ccc2c(c1)[C@]1(C(=O)N2)[C@H](C(=O)O)[C@H]2C(=O)O[C@H](c3ccccc3)[C@H](c3ccccc3)N2[C@@H]1c1ccccc1OCCO. The molecule has 0 bridgehead atoms. The number of aliphatic carboxylic acids is 1. The van der Waals surface area contributed by atoms with E-state index in [1.165, 1.54) is 0 Å². The van der Waals surface area contributed by atoms with E-state index in [4.69, 9.17) is 15.2 Å². The van der Waals surface area contributed by atoms with Crippen LogP contribution in [0.15, 0.2) is 103 Å². The second kappa shape index (κ2) is 13.6. The highest BCUT2D eigenvalue weighted by molar-refractivity contribution is 6.11. The Morgan fingerprint density at radius 3 is 2.31 bits per heavy atom. The van der Waals surface area contributed by atoms with Gasteiger partial charge in [0.2, 0.25) is 5.91 Å². The van der Waals surface area contributed by atoms with Crippen LogP contribution >= 0.6 is 0 Å². The molecule has 2 fully saturated rings. The van der Waals surface area contributed by atoms with Gasteiger partial charge >= 0.3 is 18.0 Å². The summed E-state index contributed by atoms with van der Waals surface area (Å²) in [4.78, 5) is 56.1. The van der Waals surface area contributed by atoms with E-state index in [2.05, 4.69) is 22.5 Å². The van der Waals surface area contributed by atoms with Crippen molar-refractivity contribution in [3.05, 3.63) is 131 Å². The molecular formula is C39H34N4O8. The lowest BCUT2D eigenvalue weighted by Crippen LogP contribution is -2.52. The van der Waals surface area contributed by atoms with Crippen molar-refractivity contribution in [2.75, 3.05) is 25.1 Å². The Labute approximate surface area is 293 Å². The second-order valence-electron chi connectivity index (χ2n) is 12.4. The number of urea groups is 1. The van der Waals surface area contributed by atoms with E-state index in [1.54, 1.807) is 42.5 Å². The van der Waals surface area contributed by atoms with Crippen LogP contribution in [0.4, 0.5) is 10.5 Å². The molecule has 0 aliphatic carbocycles. The average Bonchev–Trinajstić information content (AvgIpc) is 3.61. The number of hydrogen-bond donors (Lipinski definition) is 5. The number of fused-ring (bicyclic) bond motifs is 3. The summed E-state index contributed by atoms with van der Waals surface area (Å²) in [6.45, 7) is -0.396. The topological polar surface area (TPSA) is 181 Å². The third kappa shape index (κ3) is 5.62. The van der Waals surface area contributed by atoms with Gasteiger partial charge in [-0.1, -0.05) is 90.7 Å². The van der Waals surface area contributed by atoms with Crippen molar-refractivity contribution in [1.82, 2.24) is 10.2 Å². The zero-order chi connectivity index (χ0) is 35.7. The number of rotatable bonds is 8. The van der Waals surface area contributed by atoms with Gasteiger partial charge in [0.15, 0.2) is 0 Å². The number of nitrogens with zero attached hydrogens (tertiary/aromatic N) is 1. The maximum absolute atomic E-state index is 14.8. The zero-order valence-electron chi connectivity index (χ0n) is 27.2. The van der Waals surface area contributed by atoms with Gasteiger partial charge in [0.05, 0.1) is 25.2 Å². The van der Waals surface area contributed by atoms with Crippen LogP contribution in [0.1, 0.15) is 46.0 Å². The number of benzene rings is 4. The molecule has 12 heteroatoms. The van der Waals surface area contributed by atoms with Crippen LogP contribution in [0.25, 0.3) is 0 Å². The van der Waals surface area contributed by atoms with Crippen LogP contribution in [0.5, 0.6) is 5.75 Å². The molecule has 3 heterocycles. The number of carbonyl (C=O) groups is 4. The van der Waals surface area contributed by atoms with Crippen LogP contribution in [0, 0.1) is 17.8 Å². The fourth-order valence-corrected chi connectivity index (χ4v) is 7.89. The lowest BCUT2D eigenvalue weighted by molar-refractivity contribution is -0.179. The maximum Gasteiger partial charge on any atom is 0.325 e. The largest absolute Gasteiger partial charge is 0.491 e. The molecule has 12 nitrogen and oxygen atoms in total. The number of aliphatic hydroxyl groups excluding tert-OH is 1. The predicted octanol–water partition coefficient (Wildman–Crippen LogP) is 3.43. The zero-order valence-corrected chi connectivity index (χ0v) is 27.2. The lowest BCUT2D eigenvalue weighted by atomic mass is 9.65. The van der Waals surface area contributed by atoms with Crippen molar-refractivity contribution in [2.45, 2.75) is 29.6 Å². The molecule has 51 heavy (non-hydrogen) atoms. The van der Waals surface area contributed by atoms with Gasteiger partial charge < -0.3 is 36.1 Å². The van der Waals surface area contributed by atoms with E-state index >= 15 is 0 Å². The van der Waals surface area contributed by atoms with E-state index in [-0.39, 0.29) is 19.8 Å². The fourth-order valence-electron chi connectivity index (χ4n) is 7.89. The summed E-state index contributed by atoms with van der Waals surface area (Å²) in [5, 5.41) is 26.2. The van der Waals surface area contributed by atoms with E-state index in [0.29, 0.717) is 33.7 Å². The minimum Gasteiger partial charge on any atom is -0.491 e. The molecule has 2 saturated heterocycles. The van der Waals surface area contributed by atoms with Gasteiger partial charge in [-0.15, -0.1) is 0 Å². The number of carbonyl (C=O) groups excluding carboxylic acids is 3. The molecule has 6 atom stereocenters. The number of amides is 3. The van der Waals surface area contributed by atoms with Crippen LogP contribution in [0.2, 0.25) is 0 Å². The minimum absolute atomic E-state index is 0.0357. The van der Waals surface area contributed by atoms with Gasteiger partial charge in [0, 0.05) is 16.8 Å². The Bertz CT molecular complexity index is 2060. The average molecular weight is 687 g/mol. The number of anilines is 1. The molecule has 1 spiro atoms. The first-order valence-corrected chi connectivity index (χ1v) is 16.4. The number of hydrogen-bond acceptors (Lipinski definition) is 8. The van der Waals surface area contributed by atoms with Crippen molar-refractivity contribution in [3.63, 3.8) is 0 Å². The molecule has 6 N–H and O–H groups in total. The number of cyclic esters (lactones) is 1. The van der Waals surface area contributed by atoms with E-state index in [0.717, 1.165) is 5.56 Å². The van der Waals surface area contributed by atoms with Gasteiger partial charge in [-0.2, -0.15) is 0 Å². The third-order valence-corrected chi connectivity index (χ3v) is 9.72. The summed E-state index contributed by atoms with van der Waals surface area (Å²) in [6.07, 6.45) is -0.881. The summed E-state index contributed by atoms with van der Waals surface area (Å²) < 4.78 is 12.3. The highest BCUT2D eigenvalue weighted by atomic mass is 16.6. The first-order valence-electron chi connectivity index (χ1n) is 16.4. The number of carboxylic acids is 1. The van der Waals surface area contributed by atoms with Crippen molar-refractivity contribution in [2.24, 2.45) is 11.7 Å². The minimum atomic E-state index is -1.91. The molecule has 4 aromatic rings. The van der Waals surface area contributed by atoms with Crippen molar-refractivity contribution in [3.8, 4) is 17.6 Å². The van der Waals surface area contributed by atoms with Crippen molar-refractivity contribution >= 4 is 29.6 Å². The molecule has 4 aromatic carbocycles. The monoisotopic (exact) mass is 686 g/mol. The van der Waals surface area contributed by atoms with Crippen LogP contribution < -0.4 is 21.1 Å². The van der Waals surface area contributed by atoms with Crippen LogP contribution in [0.3, 0.4) is 0 Å². The van der Waals surface area contributed by atoms with Crippen LogP contribution in [-0.4, -0.2) is 64.8 Å². The number of nitrogens with two attached hydrogens (primary N) is 1. The number of esters is 1. The molecule has 0 unspecified atom stereocenters. The summed E-state index contributed by atoms with van der Waals surface area (Å²) in [7, 11) is 0. The number of nitrogens with one attached hydrogen (secondary N) is 2. The van der Waals surface area contributed by atoms with Crippen molar-refractivity contribution < 1.29 is 38.9 Å². The van der Waals surface area contributed by atoms with E-state index in [1.807, 2.05) is 65.6 Å². The molecule has 0 radical (unpaired) electrons. The normalized spacial score (nSPS) is 24.8. The smallest absolute Gasteiger partial charge is 0.325 e. The number of aliphatic hydroxyl groups is 1. The van der Waals surface area contributed by atoms with E-state index < -0.39 is 59.4 Å². The van der Waals surface area contributed by atoms with Gasteiger partial charge in [0.1, 0.15) is 35.8 Å². The van der Waals surface area contributed by atoms with E-state index in [9.17, 15) is 29.4 Å². The second-order valence-corrected chi connectivity index (χ2v) is 12.4. The molecule has 3 aliphatic heterocycles. The first kappa shape index (κ1) is 33.3. The Kier molecular flexibility index (Phi) is 8.91. The predicted molar refractivity (Wildman–Crippen MR) is 184 cm³/mol. The highest BCUT2D eigenvalue weighted by Gasteiger charge is 2.74. The molecule has 3 aliphatic rings. The number of primary amides is 1. The Balaban J connectivity index is 1.53. The van der Waals surface area contributed by atoms with Gasteiger partial charge in [-0.25, -0.2) is 4.79 Å². The third-order valence-electron chi connectivity index (χ3n) is 9.72. The molecule has 258 valence electrons. The standard InChI is InChI=1S/C39H34N4O8/c40-38(49)41-19-9-10-23-17-18-28-27(22-23)39(37(48)42-28)30(35(45)46)32-36(47)51-33(25-13-5-2-6-14-25)31(24-11-3-1-4-12-24)43(32)34(39)26-15-7-8-16-29(26)50-21-20-44/h1-8,11-18,22,30-34,44H,19-21H2,(H,42,48)(H,45,46)(H3,40,41,49)/t30-,31-,32-,33+,34+,39-/m0/s1. The summed E-state index contributed by atoms with van der Waals surface area (Å²) in [6, 6.07) is 26.4. The number of carboxylic acid groups (broad SMARTS) is 1. The highest BCUT2D eigenvalue weighted by Crippen LogP contribution is 2.65. The molecule has 7 rings (SSSR count). The van der Waals surface area contributed by atoms with Gasteiger partial charge in [-0.3, -0.25) is 19.3 Å². The summed E-state index contributed by atoms with van der Waals surface area (Å²) in [5.41, 5.74) is 6.29. The first-order chi connectivity index (χ1) is 24.8. The number of ether oxygens (including phenoxy) is 2. The Morgan fingerprint density at radius 1 is 0.941 bits per heavy atom. The van der Waals surface area contributed by atoms with Gasteiger partial charge in [-0.05, 0) is 41.0 Å². The Morgan fingerprint density at radius 2 is 1.63 bits per heavy atom. The van der Waals surface area contributed by atoms with Gasteiger partial charge in [0.25, 0.3) is 0 Å². The molecule has 0 aromatic heterocycles. The lowest BCUT2D eigenvalue weighted by Gasteiger charge is -2.46. The molecule has 0 saturated carbocycles. The Hall–Kier alpha value is -6.16. The molecular weight excluding hydrogens is 652 g/mol. The molecule has 3 amide bonds. The fraction of sp³-hybridized carbons (Fsp3) is 0.231. The maximum atomic E-state index is 14.8. The summed E-state index contributed by atoms with van der Waals surface area (Å²) in [5.74, 6) is 1.70. The summed E-state index contributed by atoms with van der Waals surface area (Å²) >= 11 is 0. The number of para-hydroxylation sites is 1. The quantitative estimate of drug-likeness (QED) is 0.137. The van der Waals surface area contributed by atoms with Crippen LogP contribution in [-0.2, 0) is 24.5 Å². The van der Waals surface area contributed by atoms with Crippen molar-refractivity contribution in [1.29, 1.82) is 0 Å². The number of morpholine rings is 1.